The fraction of sp³-hybridized carbons (Fsp3) is 0.364. The van der Waals surface area contributed by atoms with Gasteiger partial charge in [-0.25, -0.2) is 4.98 Å². The molecule has 0 saturated heterocycles. The van der Waals surface area contributed by atoms with Crippen LogP contribution in [0.15, 0.2) is 24.3 Å². The maximum absolute atomic E-state index is 10.8. The van der Waals surface area contributed by atoms with Gasteiger partial charge in [-0.2, -0.15) is 0 Å². The number of carboxylic acid groups (broad SMARTS) is 1. The van der Waals surface area contributed by atoms with Gasteiger partial charge < -0.3 is 5.11 Å². The normalized spacial score (nSPS) is 13.3. The van der Waals surface area contributed by atoms with Gasteiger partial charge in [0.2, 0.25) is 0 Å². The van der Waals surface area contributed by atoms with Gasteiger partial charge in [0.15, 0.2) is 0 Å². The molecule has 0 bridgehead atoms. The number of hydrogen-bond donors (Lipinski definition) is 1. The molecule has 0 saturated carbocycles. The molecule has 2 heterocycles. The number of carboxylic acids is 1. The molecule has 3 aromatic rings. The van der Waals surface area contributed by atoms with Gasteiger partial charge >= 0.3 is 5.97 Å². The molecule has 0 spiro atoms. The van der Waals surface area contributed by atoms with E-state index in [1.165, 1.54) is 38.9 Å². The van der Waals surface area contributed by atoms with Gasteiger partial charge in [-0.1, -0.05) is 23.7 Å². The number of thiophene rings is 1. The fourth-order valence-corrected chi connectivity index (χ4v) is 5.54. The average molecular weight is 400 g/mol. The van der Waals surface area contributed by atoms with Crippen molar-refractivity contribution in [3.05, 3.63) is 51.0 Å². The molecule has 1 aliphatic rings. The van der Waals surface area contributed by atoms with E-state index in [1.807, 2.05) is 23.5 Å². The number of aliphatic carboxylic acids is 1. The minimum Gasteiger partial charge on any atom is -0.481 e. The largest absolute Gasteiger partial charge is 0.481 e. The minimum atomic E-state index is -0.728. The second-order valence-corrected chi connectivity index (χ2v) is 8.72. The summed E-state index contributed by atoms with van der Waals surface area (Å²) in [5.74, 6) is -0.728. The molecule has 4 rings (SSSR count). The van der Waals surface area contributed by atoms with E-state index in [-0.39, 0.29) is 6.42 Å². The van der Waals surface area contributed by atoms with Crippen molar-refractivity contribution in [2.75, 3.05) is 0 Å². The molecule has 1 aromatic carbocycles. The SMILES string of the molecule is Cc1nc2sc3c(c2c(-c2ccc(Cl)cc2)c1CCCCC(=O)O)CCC3. The highest BCUT2D eigenvalue weighted by Crippen LogP contribution is 2.44. The number of aromatic nitrogens is 1. The molecule has 3 nitrogen and oxygen atoms in total. The number of unbranched alkanes of at least 4 members (excludes halogenated alkanes) is 1. The van der Waals surface area contributed by atoms with Crippen LogP contribution in [-0.4, -0.2) is 16.1 Å². The number of halogens is 1. The number of rotatable bonds is 6. The van der Waals surface area contributed by atoms with Crippen molar-refractivity contribution >= 4 is 39.1 Å². The molecule has 2 aromatic heterocycles. The van der Waals surface area contributed by atoms with Crippen molar-refractivity contribution in [3.8, 4) is 11.1 Å². The van der Waals surface area contributed by atoms with Gasteiger partial charge in [0, 0.05) is 27.4 Å². The Morgan fingerprint density at radius 1 is 1.22 bits per heavy atom. The Bertz CT molecular complexity index is 1010. The van der Waals surface area contributed by atoms with Crippen LogP contribution >= 0.6 is 22.9 Å². The third-order valence-electron chi connectivity index (χ3n) is 5.36. The molecule has 0 unspecified atom stereocenters. The summed E-state index contributed by atoms with van der Waals surface area (Å²) in [6.45, 7) is 2.08. The van der Waals surface area contributed by atoms with Crippen molar-refractivity contribution < 1.29 is 9.90 Å². The van der Waals surface area contributed by atoms with Crippen LogP contribution in [0.1, 0.15) is 47.4 Å². The van der Waals surface area contributed by atoms with Gasteiger partial charge in [-0.05, 0) is 79.8 Å². The third kappa shape index (κ3) is 3.61. The molecule has 0 radical (unpaired) electrons. The highest BCUT2D eigenvalue weighted by molar-refractivity contribution is 7.19. The van der Waals surface area contributed by atoms with Crippen LogP contribution < -0.4 is 0 Å². The number of carbonyl (C=O) groups is 1. The van der Waals surface area contributed by atoms with Crippen molar-refractivity contribution in [2.45, 2.75) is 51.9 Å². The summed E-state index contributed by atoms with van der Waals surface area (Å²) < 4.78 is 0. The summed E-state index contributed by atoms with van der Waals surface area (Å²) >= 11 is 7.97. The van der Waals surface area contributed by atoms with Crippen molar-refractivity contribution in [1.29, 1.82) is 0 Å². The van der Waals surface area contributed by atoms with Crippen LogP contribution in [0, 0.1) is 6.92 Å². The second kappa shape index (κ2) is 7.61. The Morgan fingerprint density at radius 2 is 2.00 bits per heavy atom. The predicted octanol–water partition coefficient (Wildman–Crippen LogP) is 6.21. The quantitative estimate of drug-likeness (QED) is 0.501. The lowest BCUT2D eigenvalue weighted by molar-refractivity contribution is -0.137. The van der Waals surface area contributed by atoms with E-state index in [4.69, 9.17) is 21.7 Å². The zero-order chi connectivity index (χ0) is 19.0. The van der Waals surface area contributed by atoms with Crippen molar-refractivity contribution in [1.82, 2.24) is 4.98 Å². The van der Waals surface area contributed by atoms with E-state index in [0.717, 1.165) is 41.2 Å². The molecule has 0 fully saturated rings. The van der Waals surface area contributed by atoms with Gasteiger partial charge in [0.25, 0.3) is 0 Å². The lowest BCUT2D eigenvalue weighted by Crippen LogP contribution is -2.01. The third-order valence-corrected chi connectivity index (χ3v) is 6.80. The smallest absolute Gasteiger partial charge is 0.303 e. The van der Waals surface area contributed by atoms with Crippen LogP contribution in [0.25, 0.3) is 21.3 Å². The number of pyridine rings is 1. The summed E-state index contributed by atoms with van der Waals surface area (Å²) in [6, 6.07) is 8.07. The number of aryl methyl sites for hydroxylation is 3. The lowest BCUT2D eigenvalue weighted by Gasteiger charge is -2.15. The molecular weight excluding hydrogens is 378 g/mol. The molecule has 1 aliphatic carbocycles. The monoisotopic (exact) mass is 399 g/mol. The van der Waals surface area contributed by atoms with E-state index < -0.39 is 5.97 Å². The highest BCUT2D eigenvalue weighted by atomic mass is 35.5. The van der Waals surface area contributed by atoms with Gasteiger partial charge in [0.1, 0.15) is 4.83 Å². The zero-order valence-corrected chi connectivity index (χ0v) is 16.9. The summed E-state index contributed by atoms with van der Waals surface area (Å²) in [7, 11) is 0. The molecule has 140 valence electrons. The van der Waals surface area contributed by atoms with E-state index in [0.29, 0.717) is 6.42 Å². The van der Waals surface area contributed by atoms with Gasteiger partial charge in [-0.3, -0.25) is 4.79 Å². The zero-order valence-electron chi connectivity index (χ0n) is 15.3. The number of hydrogen-bond acceptors (Lipinski definition) is 3. The first kappa shape index (κ1) is 18.5. The summed E-state index contributed by atoms with van der Waals surface area (Å²) in [5.41, 5.74) is 6.24. The van der Waals surface area contributed by atoms with Crippen molar-refractivity contribution in [3.63, 3.8) is 0 Å². The summed E-state index contributed by atoms with van der Waals surface area (Å²) in [4.78, 5) is 18.4. The Balaban J connectivity index is 1.85. The van der Waals surface area contributed by atoms with Gasteiger partial charge in [0.05, 0.1) is 0 Å². The first-order valence-electron chi connectivity index (χ1n) is 9.46. The summed E-state index contributed by atoms with van der Waals surface area (Å²) in [5, 5.41) is 11.0. The Morgan fingerprint density at radius 3 is 2.74 bits per heavy atom. The number of nitrogens with zero attached hydrogens (tertiary/aromatic N) is 1. The van der Waals surface area contributed by atoms with Crippen molar-refractivity contribution in [2.24, 2.45) is 0 Å². The maximum atomic E-state index is 10.8. The van der Waals surface area contributed by atoms with Gasteiger partial charge in [-0.15, -0.1) is 11.3 Å². The van der Waals surface area contributed by atoms with Crippen LogP contribution in [0.4, 0.5) is 0 Å². The fourth-order valence-electron chi connectivity index (χ4n) is 4.10. The first-order chi connectivity index (χ1) is 13.0. The number of benzene rings is 1. The molecule has 5 heteroatoms. The lowest BCUT2D eigenvalue weighted by atomic mass is 9.91. The number of fused-ring (bicyclic) bond motifs is 3. The molecule has 27 heavy (non-hydrogen) atoms. The maximum Gasteiger partial charge on any atom is 0.303 e. The average Bonchev–Trinajstić information content (AvgIpc) is 3.20. The molecule has 0 atom stereocenters. The minimum absolute atomic E-state index is 0.221. The Hall–Kier alpha value is -1.91. The standard InChI is InChI=1S/C22H22ClNO2S/c1-13-16(5-2-3-8-19(25)26)20(14-9-11-15(23)12-10-14)21-17-6-4-7-18(17)27-22(21)24-13/h9-12H,2-8H2,1H3,(H,25,26). The highest BCUT2D eigenvalue weighted by Gasteiger charge is 2.24. The Labute approximate surface area is 168 Å². The van der Waals surface area contributed by atoms with Crippen LogP contribution in [0.5, 0.6) is 0 Å². The van der Waals surface area contributed by atoms with E-state index in [1.54, 1.807) is 0 Å². The predicted molar refractivity (Wildman–Crippen MR) is 112 cm³/mol. The molecular formula is C22H22ClNO2S. The van der Waals surface area contributed by atoms with Crippen LogP contribution in [0.3, 0.4) is 0 Å². The molecule has 1 N–H and O–H groups in total. The van der Waals surface area contributed by atoms with Crippen LogP contribution in [0.2, 0.25) is 5.02 Å². The van der Waals surface area contributed by atoms with Crippen LogP contribution in [-0.2, 0) is 24.1 Å². The van der Waals surface area contributed by atoms with E-state index >= 15 is 0 Å². The van der Waals surface area contributed by atoms with E-state index in [2.05, 4.69) is 19.1 Å². The topological polar surface area (TPSA) is 50.2 Å². The first-order valence-corrected chi connectivity index (χ1v) is 10.7. The molecule has 0 amide bonds. The molecule has 0 aliphatic heterocycles. The van der Waals surface area contributed by atoms with E-state index in [9.17, 15) is 4.79 Å². The second-order valence-electron chi connectivity index (χ2n) is 7.20. The Kier molecular flexibility index (Phi) is 5.20. The summed E-state index contributed by atoms with van der Waals surface area (Å²) in [6.07, 6.45) is 6.12.